The van der Waals surface area contributed by atoms with Gasteiger partial charge in [0.05, 0.1) is 6.61 Å². The van der Waals surface area contributed by atoms with Crippen molar-refractivity contribution in [2.75, 3.05) is 13.2 Å². The number of rotatable bonds is 3. The molecule has 1 aliphatic rings. The monoisotopic (exact) mass is 223 g/mol. The molecule has 1 heterocycles. The molecule has 1 fully saturated rings. The zero-order chi connectivity index (χ0) is 11.6. The minimum Gasteiger partial charge on any atom is -0.379 e. The average Bonchev–Trinajstić information content (AvgIpc) is 2.68. The van der Waals surface area contributed by atoms with Crippen molar-refractivity contribution < 1.29 is 9.13 Å². The Morgan fingerprint density at radius 2 is 2.31 bits per heavy atom. The van der Waals surface area contributed by atoms with Gasteiger partial charge in [0.25, 0.3) is 0 Å². The third-order valence-electron chi connectivity index (χ3n) is 3.16. The summed E-state index contributed by atoms with van der Waals surface area (Å²) in [5.74, 6) is -0.140. The van der Waals surface area contributed by atoms with Crippen LogP contribution in [-0.2, 0) is 11.3 Å². The summed E-state index contributed by atoms with van der Waals surface area (Å²) in [6.45, 7) is 6.30. The predicted molar refractivity (Wildman–Crippen MR) is 61.8 cm³/mol. The molecule has 2 nitrogen and oxygen atoms in total. The number of benzene rings is 1. The minimum atomic E-state index is -0.140. The fourth-order valence-corrected chi connectivity index (χ4v) is 1.94. The van der Waals surface area contributed by atoms with E-state index < -0.39 is 0 Å². The van der Waals surface area contributed by atoms with Gasteiger partial charge in [-0.2, -0.15) is 0 Å². The highest BCUT2D eigenvalue weighted by Crippen LogP contribution is 2.18. The van der Waals surface area contributed by atoms with Crippen molar-refractivity contribution in [1.29, 1.82) is 0 Å². The maximum atomic E-state index is 13.1. The second kappa shape index (κ2) is 4.52. The van der Waals surface area contributed by atoms with Crippen molar-refractivity contribution in [2.24, 2.45) is 0 Å². The first kappa shape index (κ1) is 11.6. The van der Waals surface area contributed by atoms with Crippen molar-refractivity contribution >= 4 is 0 Å². The maximum Gasteiger partial charge on any atom is 0.126 e. The summed E-state index contributed by atoms with van der Waals surface area (Å²) in [7, 11) is 0. The molecule has 1 saturated heterocycles. The summed E-state index contributed by atoms with van der Waals surface area (Å²) < 4.78 is 18.4. The molecular weight excluding hydrogens is 205 g/mol. The first-order valence-corrected chi connectivity index (χ1v) is 5.67. The standard InChI is InChI=1S/C13H18FNO/c1-10-7-11(3-4-12(10)14)8-15-13(2)5-6-16-9-13/h3-4,7,15H,5-6,8-9H2,1-2H3. The number of hydrogen-bond donors (Lipinski definition) is 1. The predicted octanol–water partition coefficient (Wildman–Crippen LogP) is 2.40. The summed E-state index contributed by atoms with van der Waals surface area (Å²) in [5.41, 5.74) is 1.89. The molecule has 88 valence electrons. The molecule has 2 rings (SSSR count). The normalized spacial score (nSPS) is 24.9. The van der Waals surface area contributed by atoms with E-state index in [4.69, 9.17) is 4.74 Å². The smallest absolute Gasteiger partial charge is 0.126 e. The van der Waals surface area contributed by atoms with Crippen LogP contribution >= 0.6 is 0 Å². The molecule has 0 aliphatic carbocycles. The molecule has 0 bridgehead atoms. The van der Waals surface area contributed by atoms with E-state index >= 15 is 0 Å². The zero-order valence-corrected chi connectivity index (χ0v) is 9.85. The second-order valence-electron chi connectivity index (χ2n) is 4.80. The molecule has 0 radical (unpaired) electrons. The largest absolute Gasteiger partial charge is 0.379 e. The van der Waals surface area contributed by atoms with Crippen LogP contribution in [0.3, 0.4) is 0 Å². The number of nitrogens with one attached hydrogen (secondary N) is 1. The van der Waals surface area contributed by atoms with E-state index in [0.717, 1.165) is 31.7 Å². The van der Waals surface area contributed by atoms with Crippen LogP contribution in [0.1, 0.15) is 24.5 Å². The molecule has 16 heavy (non-hydrogen) atoms. The van der Waals surface area contributed by atoms with Gasteiger partial charge in [-0.1, -0.05) is 12.1 Å². The molecule has 1 aliphatic heterocycles. The molecule has 1 N–H and O–H groups in total. The molecule has 3 heteroatoms. The molecule has 1 atom stereocenters. The highest BCUT2D eigenvalue weighted by Gasteiger charge is 2.28. The van der Waals surface area contributed by atoms with Crippen LogP contribution in [0.2, 0.25) is 0 Å². The van der Waals surface area contributed by atoms with E-state index in [9.17, 15) is 4.39 Å². The molecule has 1 unspecified atom stereocenters. The Labute approximate surface area is 95.8 Å². The SMILES string of the molecule is Cc1cc(CNC2(C)CCOC2)ccc1F. The van der Waals surface area contributed by atoms with Gasteiger partial charge in [0.2, 0.25) is 0 Å². The first-order chi connectivity index (χ1) is 7.59. The first-order valence-electron chi connectivity index (χ1n) is 5.67. The van der Waals surface area contributed by atoms with Gasteiger partial charge in [0.15, 0.2) is 0 Å². The van der Waals surface area contributed by atoms with Crippen LogP contribution in [0.4, 0.5) is 4.39 Å². The van der Waals surface area contributed by atoms with Crippen molar-refractivity contribution in [3.05, 3.63) is 35.1 Å². The Bertz CT molecular complexity index is 372. The number of aryl methyl sites for hydroxylation is 1. The van der Waals surface area contributed by atoms with E-state index in [1.54, 1.807) is 6.92 Å². The molecule has 0 spiro atoms. The highest BCUT2D eigenvalue weighted by atomic mass is 19.1. The maximum absolute atomic E-state index is 13.1. The lowest BCUT2D eigenvalue weighted by molar-refractivity contribution is 0.171. The lowest BCUT2D eigenvalue weighted by atomic mass is 10.0. The molecule has 0 aromatic heterocycles. The minimum absolute atomic E-state index is 0.0717. The Morgan fingerprint density at radius 1 is 1.50 bits per heavy atom. The topological polar surface area (TPSA) is 21.3 Å². The van der Waals surface area contributed by atoms with E-state index in [2.05, 4.69) is 12.2 Å². The fourth-order valence-electron chi connectivity index (χ4n) is 1.94. The highest BCUT2D eigenvalue weighted by molar-refractivity contribution is 5.24. The molecular formula is C13H18FNO. The Balaban J connectivity index is 1.96. The Kier molecular flexibility index (Phi) is 3.26. The van der Waals surface area contributed by atoms with Crippen LogP contribution in [-0.4, -0.2) is 18.8 Å². The molecule has 0 amide bonds. The van der Waals surface area contributed by atoms with Gasteiger partial charge in [-0.3, -0.25) is 0 Å². The van der Waals surface area contributed by atoms with Crippen molar-refractivity contribution in [3.63, 3.8) is 0 Å². The average molecular weight is 223 g/mol. The zero-order valence-electron chi connectivity index (χ0n) is 9.85. The molecule has 1 aromatic rings. The van der Waals surface area contributed by atoms with E-state index in [1.165, 1.54) is 6.07 Å². The number of halogens is 1. The summed E-state index contributed by atoms with van der Waals surface area (Å²) in [4.78, 5) is 0. The second-order valence-corrected chi connectivity index (χ2v) is 4.80. The third-order valence-corrected chi connectivity index (χ3v) is 3.16. The van der Waals surface area contributed by atoms with Gasteiger partial charge < -0.3 is 10.1 Å². The van der Waals surface area contributed by atoms with Gasteiger partial charge >= 0.3 is 0 Å². The van der Waals surface area contributed by atoms with E-state index in [0.29, 0.717) is 5.56 Å². The number of hydrogen-bond acceptors (Lipinski definition) is 2. The third kappa shape index (κ3) is 2.60. The summed E-state index contributed by atoms with van der Waals surface area (Å²) in [5, 5.41) is 3.47. The van der Waals surface area contributed by atoms with Crippen molar-refractivity contribution in [3.8, 4) is 0 Å². The van der Waals surface area contributed by atoms with Crippen LogP contribution in [0.15, 0.2) is 18.2 Å². The van der Waals surface area contributed by atoms with Gasteiger partial charge in [0.1, 0.15) is 5.82 Å². The van der Waals surface area contributed by atoms with Crippen molar-refractivity contribution in [1.82, 2.24) is 5.32 Å². The number of ether oxygens (including phenoxy) is 1. The van der Waals surface area contributed by atoms with Crippen LogP contribution in [0.5, 0.6) is 0 Å². The van der Waals surface area contributed by atoms with Crippen LogP contribution in [0.25, 0.3) is 0 Å². The van der Waals surface area contributed by atoms with Gasteiger partial charge in [-0.15, -0.1) is 0 Å². The van der Waals surface area contributed by atoms with Gasteiger partial charge in [-0.05, 0) is 37.5 Å². The summed E-state index contributed by atoms with van der Waals surface area (Å²) >= 11 is 0. The molecule has 1 aromatic carbocycles. The summed E-state index contributed by atoms with van der Waals surface area (Å²) in [6, 6.07) is 5.25. The van der Waals surface area contributed by atoms with E-state index in [1.807, 2.05) is 12.1 Å². The van der Waals surface area contributed by atoms with Crippen LogP contribution < -0.4 is 5.32 Å². The summed E-state index contributed by atoms with van der Waals surface area (Å²) in [6.07, 6.45) is 1.03. The Hall–Kier alpha value is -0.930. The van der Waals surface area contributed by atoms with Gasteiger partial charge in [-0.25, -0.2) is 4.39 Å². The van der Waals surface area contributed by atoms with Crippen molar-refractivity contribution in [2.45, 2.75) is 32.4 Å². The van der Waals surface area contributed by atoms with Gasteiger partial charge in [0, 0.05) is 18.7 Å². The Morgan fingerprint density at radius 3 is 2.94 bits per heavy atom. The molecule has 0 saturated carbocycles. The fraction of sp³-hybridized carbons (Fsp3) is 0.538. The quantitative estimate of drug-likeness (QED) is 0.849. The lowest BCUT2D eigenvalue weighted by Gasteiger charge is -2.23. The lowest BCUT2D eigenvalue weighted by Crippen LogP contribution is -2.42. The van der Waals surface area contributed by atoms with Crippen LogP contribution in [0, 0.1) is 12.7 Å². The van der Waals surface area contributed by atoms with E-state index in [-0.39, 0.29) is 11.4 Å².